The zero-order chi connectivity index (χ0) is 14.0. The second-order valence-corrected chi connectivity index (χ2v) is 5.36. The van der Waals surface area contributed by atoms with Gasteiger partial charge in [0.1, 0.15) is 0 Å². The molecule has 4 heteroatoms. The molecule has 3 N–H and O–H groups in total. The average molecular weight is 319 g/mol. The van der Waals surface area contributed by atoms with Crippen LogP contribution in [-0.2, 0) is 0 Å². The molecule has 0 atom stereocenters. The molecular formula is C15H15BrN2O. The molecule has 19 heavy (non-hydrogen) atoms. The van der Waals surface area contributed by atoms with Crippen LogP contribution in [0.1, 0.15) is 21.5 Å². The van der Waals surface area contributed by atoms with Crippen LogP contribution < -0.4 is 11.1 Å². The van der Waals surface area contributed by atoms with Gasteiger partial charge in [-0.25, -0.2) is 0 Å². The van der Waals surface area contributed by atoms with E-state index in [1.54, 1.807) is 12.1 Å². The summed E-state index contributed by atoms with van der Waals surface area (Å²) in [6.07, 6.45) is 0. The molecule has 0 fully saturated rings. The minimum Gasteiger partial charge on any atom is -0.399 e. The standard InChI is InChI=1S/C15H15BrN2O/c1-9-3-5-13(16)12(7-9)15(19)18-11-4-6-14(17)10(2)8-11/h3-8H,17H2,1-2H3,(H,18,19). The molecule has 0 aromatic heterocycles. The minimum absolute atomic E-state index is 0.139. The maximum absolute atomic E-state index is 12.2. The Bertz CT molecular complexity index is 638. The largest absolute Gasteiger partial charge is 0.399 e. The number of amides is 1. The fraction of sp³-hybridized carbons (Fsp3) is 0.133. The highest BCUT2D eigenvalue weighted by molar-refractivity contribution is 9.10. The van der Waals surface area contributed by atoms with Crippen LogP contribution >= 0.6 is 15.9 Å². The molecule has 0 aliphatic carbocycles. The van der Waals surface area contributed by atoms with Crippen LogP contribution in [0.5, 0.6) is 0 Å². The maximum atomic E-state index is 12.2. The van der Waals surface area contributed by atoms with Crippen LogP contribution in [0.2, 0.25) is 0 Å². The van der Waals surface area contributed by atoms with Gasteiger partial charge in [-0.3, -0.25) is 4.79 Å². The monoisotopic (exact) mass is 318 g/mol. The fourth-order valence-corrected chi connectivity index (χ4v) is 2.19. The number of nitrogen functional groups attached to an aromatic ring is 1. The highest BCUT2D eigenvalue weighted by Crippen LogP contribution is 2.21. The van der Waals surface area contributed by atoms with Gasteiger partial charge in [0.2, 0.25) is 0 Å². The Hall–Kier alpha value is -1.81. The SMILES string of the molecule is Cc1ccc(Br)c(C(=O)Nc2ccc(N)c(C)c2)c1. The van der Waals surface area contributed by atoms with Gasteiger partial charge in [-0.15, -0.1) is 0 Å². The predicted octanol–water partition coefficient (Wildman–Crippen LogP) is 3.90. The molecule has 2 aromatic rings. The van der Waals surface area contributed by atoms with Gasteiger partial charge in [0.15, 0.2) is 0 Å². The molecule has 0 aliphatic heterocycles. The van der Waals surface area contributed by atoms with Crippen molar-refractivity contribution in [2.24, 2.45) is 0 Å². The van der Waals surface area contributed by atoms with Crippen molar-refractivity contribution in [2.75, 3.05) is 11.1 Å². The van der Waals surface area contributed by atoms with E-state index >= 15 is 0 Å². The number of carbonyl (C=O) groups is 1. The quantitative estimate of drug-likeness (QED) is 0.825. The summed E-state index contributed by atoms with van der Waals surface area (Å²) < 4.78 is 0.780. The zero-order valence-electron chi connectivity index (χ0n) is 10.8. The van der Waals surface area contributed by atoms with Gasteiger partial charge in [0, 0.05) is 15.8 Å². The third-order valence-corrected chi connectivity index (χ3v) is 3.59. The Balaban J connectivity index is 2.25. The van der Waals surface area contributed by atoms with Crippen LogP contribution in [0.25, 0.3) is 0 Å². The molecule has 3 nitrogen and oxygen atoms in total. The zero-order valence-corrected chi connectivity index (χ0v) is 12.4. The Morgan fingerprint density at radius 2 is 1.89 bits per heavy atom. The number of anilines is 2. The van der Waals surface area contributed by atoms with E-state index in [0.717, 1.165) is 27.0 Å². The predicted molar refractivity (Wildman–Crippen MR) is 82.4 cm³/mol. The highest BCUT2D eigenvalue weighted by Gasteiger charge is 2.10. The lowest BCUT2D eigenvalue weighted by molar-refractivity contribution is 0.102. The number of aryl methyl sites for hydroxylation is 2. The van der Waals surface area contributed by atoms with Gasteiger partial charge in [0.05, 0.1) is 5.56 Å². The van der Waals surface area contributed by atoms with E-state index in [1.807, 2.05) is 38.1 Å². The second-order valence-electron chi connectivity index (χ2n) is 4.51. The molecule has 2 aromatic carbocycles. The van der Waals surface area contributed by atoms with Crippen LogP contribution in [0.4, 0.5) is 11.4 Å². The number of nitrogens with two attached hydrogens (primary N) is 1. The Kier molecular flexibility index (Phi) is 3.90. The van der Waals surface area contributed by atoms with Crippen molar-refractivity contribution < 1.29 is 4.79 Å². The van der Waals surface area contributed by atoms with Crippen molar-refractivity contribution in [1.82, 2.24) is 0 Å². The van der Waals surface area contributed by atoms with Crippen LogP contribution in [0.3, 0.4) is 0 Å². The van der Waals surface area contributed by atoms with Gasteiger partial charge in [0.25, 0.3) is 5.91 Å². The van der Waals surface area contributed by atoms with Crippen LogP contribution in [0, 0.1) is 13.8 Å². The summed E-state index contributed by atoms with van der Waals surface area (Å²) in [6, 6.07) is 11.1. The lowest BCUT2D eigenvalue weighted by Gasteiger charge is -2.09. The summed E-state index contributed by atoms with van der Waals surface area (Å²) in [5, 5.41) is 2.87. The molecule has 0 spiro atoms. The third kappa shape index (κ3) is 3.15. The highest BCUT2D eigenvalue weighted by atomic mass is 79.9. The molecule has 0 radical (unpaired) electrons. The van der Waals surface area contributed by atoms with Crippen LogP contribution in [-0.4, -0.2) is 5.91 Å². The summed E-state index contributed by atoms with van der Waals surface area (Å²) in [4.78, 5) is 12.2. The first-order valence-electron chi connectivity index (χ1n) is 5.91. The molecule has 0 saturated heterocycles. The van der Waals surface area contributed by atoms with Crippen molar-refractivity contribution in [1.29, 1.82) is 0 Å². The number of halogens is 1. The first-order valence-corrected chi connectivity index (χ1v) is 6.70. The van der Waals surface area contributed by atoms with E-state index in [9.17, 15) is 4.79 Å². The van der Waals surface area contributed by atoms with E-state index in [2.05, 4.69) is 21.2 Å². The van der Waals surface area contributed by atoms with Crippen molar-refractivity contribution in [3.05, 3.63) is 57.6 Å². The summed E-state index contributed by atoms with van der Waals surface area (Å²) >= 11 is 3.39. The first-order chi connectivity index (χ1) is 8.97. The number of hydrogen-bond donors (Lipinski definition) is 2. The molecule has 0 saturated carbocycles. The van der Waals surface area contributed by atoms with E-state index in [-0.39, 0.29) is 5.91 Å². The van der Waals surface area contributed by atoms with E-state index in [0.29, 0.717) is 5.56 Å². The normalized spacial score (nSPS) is 10.3. The molecule has 0 aliphatic rings. The number of hydrogen-bond acceptors (Lipinski definition) is 2. The van der Waals surface area contributed by atoms with Crippen molar-refractivity contribution >= 4 is 33.2 Å². The molecule has 0 heterocycles. The second kappa shape index (κ2) is 5.45. The lowest BCUT2D eigenvalue weighted by atomic mass is 10.1. The van der Waals surface area contributed by atoms with Gasteiger partial charge in [-0.1, -0.05) is 11.6 Å². The van der Waals surface area contributed by atoms with Gasteiger partial charge >= 0.3 is 0 Å². The summed E-state index contributed by atoms with van der Waals surface area (Å²) in [6.45, 7) is 3.87. The van der Waals surface area contributed by atoms with Gasteiger partial charge < -0.3 is 11.1 Å². The third-order valence-electron chi connectivity index (χ3n) is 2.89. The van der Waals surface area contributed by atoms with Crippen molar-refractivity contribution in [3.63, 3.8) is 0 Å². The molecule has 2 rings (SSSR count). The first kappa shape index (κ1) is 13.6. The Labute approximate surface area is 121 Å². The molecule has 98 valence electrons. The van der Waals surface area contributed by atoms with E-state index < -0.39 is 0 Å². The molecule has 1 amide bonds. The molecule has 0 bridgehead atoms. The number of carbonyl (C=O) groups excluding carboxylic acids is 1. The maximum Gasteiger partial charge on any atom is 0.256 e. The number of rotatable bonds is 2. The summed E-state index contributed by atoms with van der Waals surface area (Å²) in [7, 11) is 0. The molecular weight excluding hydrogens is 304 g/mol. The lowest BCUT2D eigenvalue weighted by Crippen LogP contribution is -2.13. The number of benzene rings is 2. The van der Waals surface area contributed by atoms with Crippen LogP contribution in [0.15, 0.2) is 40.9 Å². The van der Waals surface area contributed by atoms with Gasteiger partial charge in [-0.2, -0.15) is 0 Å². The fourth-order valence-electron chi connectivity index (χ4n) is 1.77. The topological polar surface area (TPSA) is 55.1 Å². The number of nitrogens with one attached hydrogen (secondary N) is 1. The van der Waals surface area contributed by atoms with E-state index in [1.165, 1.54) is 0 Å². The Morgan fingerprint density at radius 1 is 1.16 bits per heavy atom. The summed E-state index contributed by atoms with van der Waals surface area (Å²) in [5.74, 6) is -0.139. The smallest absolute Gasteiger partial charge is 0.256 e. The molecule has 0 unspecified atom stereocenters. The summed E-state index contributed by atoms with van der Waals surface area (Å²) in [5.41, 5.74) is 9.82. The van der Waals surface area contributed by atoms with Crippen molar-refractivity contribution in [3.8, 4) is 0 Å². The van der Waals surface area contributed by atoms with Crippen molar-refractivity contribution in [2.45, 2.75) is 13.8 Å². The Morgan fingerprint density at radius 3 is 2.58 bits per heavy atom. The average Bonchev–Trinajstić information content (AvgIpc) is 2.36. The van der Waals surface area contributed by atoms with E-state index in [4.69, 9.17) is 5.73 Å². The van der Waals surface area contributed by atoms with Gasteiger partial charge in [-0.05, 0) is 65.7 Å². The minimum atomic E-state index is -0.139.